The highest BCUT2D eigenvalue weighted by Gasteiger charge is 2.34. The van der Waals surface area contributed by atoms with Crippen LogP contribution in [0, 0.1) is 22.7 Å². The van der Waals surface area contributed by atoms with Crippen LogP contribution in [-0.4, -0.2) is 33.4 Å². The van der Waals surface area contributed by atoms with Gasteiger partial charge < -0.3 is 15.0 Å². The Bertz CT molecular complexity index is 2240. The third kappa shape index (κ3) is 8.43. The van der Waals surface area contributed by atoms with E-state index in [1.807, 2.05) is 33.2 Å². The SMILES string of the molecule is C[C@H](c1ncc(-c2ccc3cc(C#Cc4ccc5cc(C6=CN=C([C@@H](NC(=O)OC(C)(C)C)C(C)(C)C)C6)ccc5c4)ccc3c2)[nH]1)C(C)(C)C. The summed E-state index contributed by atoms with van der Waals surface area (Å²) in [4.78, 5) is 25.7. The van der Waals surface area contributed by atoms with Gasteiger partial charge in [0.15, 0.2) is 0 Å². The van der Waals surface area contributed by atoms with Crippen molar-refractivity contribution in [2.45, 2.75) is 93.2 Å². The number of allylic oxidation sites excluding steroid dienone is 1. The number of aliphatic imine (C=N–C) groups is 1. The zero-order valence-corrected chi connectivity index (χ0v) is 31.7. The number of fused-ring (bicyclic) bond motifs is 2. The van der Waals surface area contributed by atoms with Gasteiger partial charge in [0, 0.05) is 40.9 Å². The van der Waals surface area contributed by atoms with Crippen LogP contribution in [0.3, 0.4) is 0 Å². The number of aromatic nitrogens is 2. The van der Waals surface area contributed by atoms with Gasteiger partial charge in [-0.1, -0.05) is 96.7 Å². The molecule has 1 aromatic heterocycles. The van der Waals surface area contributed by atoms with E-state index in [-0.39, 0.29) is 16.9 Å². The molecule has 2 heterocycles. The summed E-state index contributed by atoms with van der Waals surface area (Å²) in [6.07, 6.45) is 4.11. The van der Waals surface area contributed by atoms with Crippen molar-refractivity contribution in [3.05, 3.63) is 108 Å². The number of nitrogens with zero attached hydrogens (tertiary/aromatic N) is 2. The lowest BCUT2D eigenvalue weighted by atomic mass is 9.82. The number of imidazole rings is 1. The number of benzene rings is 4. The smallest absolute Gasteiger partial charge is 0.408 e. The van der Waals surface area contributed by atoms with Gasteiger partial charge in [0.2, 0.25) is 0 Å². The Morgan fingerprint density at radius 2 is 1.31 bits per heavy atom. The number of alkyl carbamates (subject to hydrolysis) is 1. The van der Waals surface area contributed by atoms with Gasteiger partial charge in [-0.3, -0.25) is 4.99 Å². The van der Waals surface area contributed by atoms with Crippen molar-refractivity contribution < 1.29 is 9.53 Å². The van der Waals surface area contributed by atoms with E-state index in [9.17, 15) is 4.79 Å². The molecule has 0 spiro atoms. The fraction of sp³-hybridized carbons (Fsp3) is 0.356. The second kappa shape index (κ2) is 13.5. The second-order valence-corrected chi connectivity index (χ2v) is 17.0. The minimum absolute atomic E-state index is 0.141. The maximum Gasteiger partial charge on any atom is 0.408 e. The molecule has 1 aliphatic heterocycles. The van der Waals surface area contributed by atoms with E-state index in [2.05, 4.69) is 148 Å². The number of H-pyrrole nitrogens is 1. The molecule has 1 aliphatic rings. The number of ether oxygens (including phenoxy) is 1. The Balaban J connectivity index is 1.14. The molecule has 0 saturated heterocycles. The number of carbonyl (C=O) groups excluding carboxylic acids is 1. The molecule has 5 aromatic rings. The molecule has 0 radical (unpaired) electrons. The van der Waals surface area contributed by atoms with Crippen LogP contribution < -0.4 is 5.32 Å². The van der Waals surface area contributed by atoms with Crippen LogP contribution in [0.25, 0.3) is 38.4 Å². The van der Waals surface area contributed by atoms with Gasteiger partial charge in [0.05, 0.1) is 17.9 Å². The Morgan fingerprint density at radius 3 is 1.88 bits per heavy atom. The minimum atomic E-state index is -0.566. The molecule has 1 amide bonds. The molecule has 2 N–H and O–H groups in total. The van der Waals surface area contributed by atoms with E-state index in [1.54, 1.807) is 0 Å². The summed E-state index contributed by atoms with van der Waals surface area (Å²) in [5, 5.41) is 7.67. The number of hydrogen-bond acceptors (Lipinski definition) is 4. The van der Waals surface area contributed by atoms with Crippen molar-refractivity contribution in [2.75, 3.05) is 0 Å². The Hall–Kier alpha value is -5.15. The first-order chi connectivity index (χ1) is 23.9. The summed E-state index contributed by atoms with van der Waals surface area (Å²) in [6.45, 7) is 20.9. The fourth-order valence-corrected chi connectivity index (χ4v) is 6.30. The van der Waals surface area contributed by atoms with Gasteiger partial charge in [-0.15, -0.1) is 0 Å². The van der Waals surface area contributed by atoms with Crippen LogP contribution in [0.15, 0.2) is 90.2 Å². The molecule has 262 valence electrons. The number of nitrogens with one attached hydrogen (secondary N) is 2. The third-order valence-corrected chi connectivity index (χ3v) is 9.64. The van der Waals surface area contributed by atoms with E-state index >= 15 is 0 Å². The van der Waals surface area contributed by atoms with E-state index in [1.165, 1.54) is 5.39 Å². The molecular weight excluding hydrogens is 629 g/mol. The van der Waals surface area contributed by atoms with Crippen molar-refractivity contribution in [3.8, 4) is 23.1 Å². The van der Waals surface area contributed by atoms with Gasteiger partial charge in [-0.2, -0.15) is 0 Å². The summed E-state index contributed by atoms with van der Waals surface area (Å²) >= 11 is 0. The van der Waals surface area contributed by atoms with Crippen LogP contribution >= 0.6 is 0 Å². The molecule has 6 rings (SSSR count). The molecule has 2 atom stereocenters. The van der Waals surface area contributed by atoms with Crippen molar-refractivity contribution in [3.63, 3.8) is 0 Å². The van der Waals surface area contributed by atoms with Gasteiger partial charge in [0.1, 0.15) is 11.4 Å². The highest BCUT2D eigenvalue weighted by Crippen LogP contribution is 2.35. The van der Waals surface area contributed by atoms with Gasteiger partial charge in [-0.05, 0) is 101 Å². The minimum Gasteiger partial charge on any atom is -0.444 e. The predicted molar refractivity (Wildman–Crippen MR) is 212 cm³/mol. The molecule has 6 nitrogen and oxygen atoms in total. The molecule has 0 saturated carbocycles. The Morgan fingerprint density at radius 1 is 0.765 bits per heavy atom. The van der Waals surface area contributed by atoms with Crippen LogP contribution in [-0.2, 0) is 4.74 Å². The first-order valence-electron chi connectivity index (χ1n) is 17.8. The van der Waals surface area contributed by atoms with Crippen molar-refractivity contribution in [1.29, 1.82) is 0 Å². The van der Waals surface area contributed by atoms with Crippen LogP contribution in [0.4, 0.5) is 4.79 Å². The number of rotatable bonds is 5. The average Bonchev–Trinajstić information content (AvgIpc) is 3.74. The van der Waals surface area contributed by atoms with E-state index in [0.29, 0.717) is 12.3 Å². The summed E-state index contributed by atoms with van der Waals surface area (Å²) in [5.74, 6) is 8.10. The van der Waals surface area contributed by atoms with E-state index in [4.69, 9.17) is 9.73 Å². The zero-order valence-electron chi connectivity index (χ0n) is 31.7. The lowest BCUT2D eigenvalue weighted by Crippen LogP contribution is -2.50. The zero-order chi connectivity index (χ0) is 36.7. The molecule has 4 aromatic carbocycles. The topological polar surface area (TPSA) is 79.4 Å². The lowest BCUT2D eigenvalue weighted by Gasteiger charge is -2.32. The third-order valence-electron chi connectivity index (χ3n) is 9.64. The molecule has 51 heavy (non-hydrogen) atoms. The fourth-order valence-electron chi connectivity index (χ4n) is 6.30. The van der Waals surface area contributed by atoms with E-state index < -0.39 is 11.7 Å². The predicted octanol–water partition coefficient (Wildman–Crippen LogP) is 11.1. The van der Waals surface area contributed by atoms with Crippen LogP contribution in [0.1, 0.15) is 104 Å². The van der Waals surface area contributed by atoms with Gasteiger partial charge in [0.25, 0.3) is 0 Å². The molecular formula is C45H50N4O2. The second-order valence-electron chi connectivity index (χ2n) is 17.0. The van der Waals surface area contributed by atoms with Crippen LogP contribution in [0.2, 0.25) is 0 Å². The molecule has 0 bridgehead atoms. The number of carbonyl (C=O) groups is 1. The first kappa shape index (κ1) is 35.7. The number of hydrogen-bond donors (Lipinski definition) is 2. The molecule has 0 fully saturated rings. The maximum absolute atomic E-state index is 12.7. The molecule has 6 heteroatoms. The largest absolute Gasteiger partial charge is 0.444 e. The van der Waals surface area contributed by atoms with Crippen molar-refractivity contribution >= 4 is 38.9 Å². The monoisotopic (exact) mass is 678 g/mol. The number of amides is 1. The molecule has 0 aliphatic carbocycles. The Kier molecular flexibility index (Phi) is 9.46. The first-order valence-corrected chi connectivity index (χ1v) is 17.8. The highest BCUT2D eigenvalue weighted by atomic mass is 16.6. The lowest BCUT2D eigenvalue weighted by molar-refractivity contribution is 0.0491. The van der Waals surface area contributed by atoms with Gasteiger partial charge in [-0.25, -0.2) is 9.78 Å². The summed E-state index contributed by atoms with van der Waals surface area (Å²) in [6, 6.07) is 25.5. The molecule has 0 unspecified atom stereocenters. The summed E-state index contributed by atoms with van der Waals surface area (Å²) in [5.41, 5.74) is 6.64. The quantitative estimate of drug-likeness (QED) is 0.182. The Labute approximate surface area is 302 Å². The van der Waals surface area contributed by atoms with Gasteiger partial charge >= 0.3 is 6.09 Å². The summed E-state index contributed by atoms with van der Waals surface area (Å²) < 4.78 is 5.55. The van der Waals surface area contributed by atoms with Crippen LogP contribution in [0.5, 0.6) is 0 Å². The van der Waals surface area contributed by atoms with Crippen molar-refractivity contribution in [2.24, 2.45) is 15.8 Å². The van der Waals surface area contributed by atoms with E-state index in [0.717, 1.165) is 61.2 Å². The van der Waals surface area contributed by atoms with Crippen molar-refractivity contribution in [1.82, 2.24) is 15.3 Å². The number of aromatic amines is 1. The normalized spacial score (nSPS) is 14.8. The standard InChI is InChI=1S/C45H50N4O2/c1-28(43(2,3)4)41-47-27-39(48-41)36-20-19-32-22-30(14-16-34(32)24-36)12-11-29-13-15-33-23-35(18-17-31(33)21-29)37-25-38(46-26-37)40(44(5,6)7)49-42(50)51-45(8,9)10/h13-24,26-28,40H,25H2,1-10H3,(H,47,48)(H,49,50)/t28-,40-/m1/s1. The highest BCUT2D eigenvalue weighted by molar-refractivity contribution is 6.04. The summed E-state index contributed by atoms with van der Waals surface area (Å²) in [7, 11) is 0. The average molecular weight is 679 g/mol. The maximum atomic E-state index is 12.7.